The van der Waals surface area contributed by atoms with Crippen LogP contribution in [0.1, 0.15) is 22.0 Å². The first-order valence-electron chi connectivity index (χ1n) is 7.91. The summed E-state index contributed by atoms with van der Waals surface area (Å²) in [6.07, 6.45) is 3.23. The molecule has 0 saturated carbocycles. The Kier molecular flexibility index (Phi) is 5.39. The summed E-state index contributed by atoms with van der Waals surface area (Å²) in [5, 5.41) is 12.5. The van der Waals surface area contributed by atoms with E-state index in [1.54, 1.807) is 48.8 Å². The molecule has 0 saturated heterocycles. The van der Waals surface area contributed by atoms with E-state index in [0.717, 1.165) is 5.56 Å². The fourth-order valence-corrected chi connectivity index (χ4v) is 2.43. The van der Waals surface area contributed by atoms with Crippen molar-refractivity contribution in [3.05, 3.63) is 90.3 Å². The monoisotopic (exact) mass is 334 g/mol. The molecule has 5 nitrogen and oxygen atoms in total. The van der Waals surface area contributed by atoms with Crippen molar-refractivity contribution in [2.45, 2.75) is 6.04 Å². The van der Waals surface area contributed by atoms with Gasteiger partial charge in [-0.05, 0) is 29.8 Å². The molecule has 0 unspecified atom stereocenters. The number of amides is 1. The summed E-state index contributed by atoms with van der Waals surface area (Å²) in [4.78, 5) is 16.7. The molecule has 126 valence electrons. The second-order valence-electron chi connectivity index (χ2n) is 5.41. The Morgan fingerprint density at radius 1 is 1.04 bits per heavy atom. The zero-order valence-electron chi connectivity index (χ0n) is 13.5. The first kappa shape index (κ1) is 16.7. The molecule has 0 bridgehead atoms. The highest BCUT2D eigenvalue weighted by atomic mass is 16.5. The van der Waals surface area contributed by atoms with E-state index in [1.165, 1.54) is 0 Å². The Morgan fingerprint density at radius 3 is 2.52 bits per heavy atom. The summed E-state index contributed by atoms with van der Waals surface area (Å²) in [5.74, 6) is 0.657. The van der Waals surface area contributed by atoms with Crippen LogP contribution in [0.2, 0.25) is 0 Å². The van der Waals surface area contributed by atoms with Crippen LogP contribution < -0.4 is 10.1 Å². The van der Waals surface area contributed by atoms with Crippen LogP contribution in [0.5, 0.6) is 11.5 Å². The van der Waals surface area contributed by atoms with Crippen molar-refractivity contribution in [3.8, 4) is 11.5 Å². The summed E-state index contributed by atoms with van der Waals surface area (Å²) in [7, 11) is 0. The molecule has 0 aliphatic heterocycles. The number of rotatable bonds is 6. The van der Waals surface area contributed by atoms with Crippen molar-refractivity contribution >= 4 is 5.91 Å². The molecule has 2 N–H and O–H groups in total. The van der Waals surface area contributed by atoms with Crippen molar-refractivity contribution in [1.82, 2.24) is 10.3 Å². The normalized spacial score (nSPS) is 11.6. The number of carbonyl (C=O) groups is 1. The summed E-state index contributed by atoms with van der Waals surface area (Å²) >= 11 is 0. The van der Waals surface area contributed by atoms with Gasteiger partial charge in [0.1, 0.15) is 11.5 Å². The lowest BCUT2D eigenvalue weighted by Crippen LogP contribution is -2.31. The minimum atomic E-state index is -0.486. The molecular weight excluding hydrogens is 316 g/mol. The van der Waals surface area contributed by atoms with E-state index in [4.69, 9.17) is 4.74 Å². The zero-order valence-corrected chi connectivity index (χ0v) is 13.5. The van der Waals surface area contributed by atoms with Gasteiger partial charge in [0.2, 0.25) is 0 Å². The van der Waals surface area contributed by atoms with E-state index in [0.29, 0.717) is 17.1 Å². The van der Waals surface area contributed by atoms with Crippen LogP contribution in [0.15, 0.2) is 79.1 Å². The van der Waals surface area contributed by atoms with Crippen LogP contribution in [0.3, 0.4) is 0 Å². The van der Waals surface area contributed by atoms with E-state index in [9.17, 15) is 9.90 Å². The third-order valence-electron chi connectivity index (χ3n) is 3.68. The van der Waals surface area contributed by atoms with Gasteiger partial charge < -0.3 is 15.2 Å². The lowest BCUT2D eigenvalue weighted by molar-refractivity contribution is 0.0914. The molecule has 3 aromatic rings. The number of ether oxygens (including phenoxy) is 1. The number of aliphatic hydroxyl groups excluding tert-OH is 1. The number of pyridine rings is 1. The Hall–Kier alpha value is -3.18. The van der Waals surface area contributed by atoms with Gasteiger partial charge >= 0.3 is 0 Å². The highest BCUT2D eigenvalue weighted by Crippen LogP contribution is 2.25. The lowest BCUT2D eigenvalue weighted by Gasteiger charge is -2.18. The van der Waals surface area contributed by atoms with Crippen LogP contribution in [-0.4, -0.2) is 22.6 Å². The fraction of sp³-hybridized carbons (Fsp3) is 0.100. The number of nitrogens with zero attached hydrogens (tertiary/aromatic N) is 1. The summed E-state index contributed by atoms with van der Waals surface area (Å²) in [6.45, 7) is -0.193. The largest absolute Gasteiger partial charge is 0.455 e. The van der Waals surface area contributed by atoms with E-state index in [-0.39, 0.29) is 12.5 Å². The molecule has 3 rings (SSSR count). The molecule has 1 atom stereocenters. The number of aliphatic hydroxyl groups is 1. The molecule has 2 aromatic carbocycles. The molecule has 0 fully saturated rings. The van der Waals surface area contributed by atoms with Gasteiger partial charge in [-0.2, -0.15) is 0 Å². The fourth-order valence-electron chi connectivity index (χ4n) is 2.43. The molecule has 1 aromatic heterocycles. The van der Waals surface area contributed by atoms with Gasteiger partial charge in [0, 0.05) is 6.20 Å². The SMILES string of the molecule is O=C(N[C@H](CO)c1ccccc1)c1ccccc1Oc1cccnc1. The number of hydrogen-bond acceptors (Lipinski definition) is 4. The summed E-state index contributed by atoms with van der Waals surface area (Å²) in [5.41, 5.74) is 1.23. The van der Waals surface area contributed by atoms with Crippen LogP contribution >= 0.6 is 0 Å². The summed E-state index contributed by atoms with van der Waals surface area (Å²) < 4.78 is 5.77. The van der Waals surface area contributed by atoms with Crippen LogP contribution in [0.25, 0.3) is 0 Å². The molecule has 0 spiro atoms. The molecule has 0 radical (unpaired) electrons. The first-order valence-corrected chi connectivity index (χ1v) is 7.91. The zero-order chi connectivity index (χ0) is 17.5. The Morgan fingerprint density at radius 2 is 1.80 bits per heavy atom. The molecule has 1 amide bonds. The second-order valence-corrected chi connectivity index (χ2v) is 5.41. The maximum absolute atomic E-state index is 12.7. The lowest BCUT2D eigenvalue weighted by atomic mass is 10.1. The van der Waals surface area contributed by atoms with Gasteiger partial charge in [-0.1, -0.05) is 42.5 Å². The van der Waals surface area contributed by atoms with Gasteiger partial charge in [0.25, 0.3) is 5.91 Å². The number of nitrogens with one attached hydrogen (secondary N) is 1. The number of para-hydroxylation sites is 1. The van der Waals surface area contributed by atoms with E-state index in [1.807, 2.05) is 30.3 Å². The molecule has 5 heteroatoms. The van der Waals surface area contributed by atoms with E-state index < -0.39 is 6.04 Å². The molecule has 25 heavy (non-hydrogen) atoms. The number of carbonyl (C=O) groups excluding carboxylic acids is 1. The maximum Gasteiger partial charge on any atom is 0.255 e. The highest BCUT2D eigenvalue weighted by molar-refractivity contribution is 5.97. The number of aromatic nitrogens is 1. The van der Waals surface area contributed by atoms with Gasteiger partial charge in [0.05, 0.1) is 24.4 Å². The van der Waals surface area contributed by atoms with Gasteiger partial charge in [-0.15, -0.1) is 0 Å². The molecule has 0 aliphatic carbocycles. The Labute approximate surface area is 145 Å². The molecule has 1 heterocycles. The van der Waals surface area contributed by atoms with E-state index in [2.05, 4.69) is 10.3 Å². The Bertz CT molecular complexity index is 823. The molecular formula is C20H18N2O3. The topological polar surface area (TPSA) is 71.5 Å². The minimum absolute atomic E-state index is 0.193. The quantitative estimate of drug-likeness (QED) is 0.725. The first-order chi connectivity index (χ1) is 12.3. The van der Waals surface area contributed by atoms with Crippen LogP contribution in [0, 0.1) is 0 Å². The smallest absolute Gasteiger partial charge is 0.255 e. The van der Waals surface area contributed by atoms with Crippen molar-refractivity contribution in [3.63, 3.8) is 0 Å². The van der Waals surface area contributed by atoms with Crippen LogP contribution in [-0.2, 0) is 0 Å². The van der Waals surface area contributed by atoms with Crippen molar-refractivity contribution < 1.29 is 14.6 Å². The van der Waals surface area contributed by atoms with Crippen LogP contribution in [0.4, 0.5) is 0 Å². The van der Waals surface area contributed by atoms with Gasteiger partial charge in [-0.25, -0.2) is 0 Å². The highest BCUT2D eigenvalue weighted by Gasteiger charge is 2.18. The second kappa shape index (κ2) is 8.08. The minimum Gasteiger partial charge on any atom is -0.455 e. The van der Waals surface area contributed by atoms with Crippen molar-refractivity contribution in [2.24, 2.45) is 0 Å². The van der Waals surface area contributed by atoms with Gasteiger partial charge in [0.15, 0.2) is 0 Å². The number of hydrogen-bond donors (Lipinski definition) is 2. The Balaban J connectivity index is 1.80. The van der Waals surface area contributed by atoms with Crippen molar-refractivity contribution in [1.29, 1.82) is 0 Å². The standard InChI is InChI=1S/C20H18N2O3/c23-14-18(15-7-2-1-3-8-15)22-20(24)17-10-4-5-11-19(17)25-16-9-6-12-21-13-16/h1-13,18,23H,14H2,(H,22,24)/t18-/m1/s1. The summed E-state index contributed by atoms with van der Waals surface area (Å²) in [6, 6.07) is 19.3. The van der Waals surface area contributed by atoms with Gasteiger partial charge in [-0.3, -0.25) is 9.78 Å². The van der Waals surface area contributed by atoms with E-state index >= 15 is 0 Å². The van der Waals surface area contributed by atoms with Crippen molar-refractivity contribution in [2.75, 3.05) is 6.61 Å². The average molecular weight is 334 g/mol. The maximum atomic E-state index is 12.7. The number of benzene rings is 2. The average Bonchev–Trinajstić information content (AvgIpc) is 2.68. The third-order valence-corrected chi connectivity index (χ3v) is 3.68. The molecule has 0 aliphatic rings. The predicted octanol–water partition coefficient (Wildman–Crippen LogP) is 3.34. The predicted molar refractivity (Wildman–Crippen MR) is 94.5 cm³/mol. The third kappa shape index (κ3) is 4.22.